The Hall–Kier alpha value is -5.09. The number of esters is 1. The van der Waals surface area contributed by atoms with Crippen LogP contribution in [-0.2, 0) is 16.1 Å². The Labute approximate surface area is 256 Å². The minimum atomic E-state index is -0.669. The maximum atomic E-state index is 14.2. The number of aryl methyl sites for hydroxylation is 1. The number of aromatic nitrogens is 2. The first-order valence-corrected chi connectivity index (χ1v) is 15.1. The van der Waals surface area contributed by atoms with Crippen LogP contribution in [0, 0.1) is 24.0 Å². The zero-order valence-corrected chi connectivity index (χ0v) is 25.6. The summed E-state index contributed by atoms with van der Waals surface area (Å²) in [6.07, 6.45) is 1.91. The first-order chi connectivity index (χ1) is 21.2. The van der Waals surface area contributed by atoms with Crippen LogP contribution in [0.2, 0.25) is 0 Å². The summed E-state index contributed by atoms with van der Waals surface area (Å²) in [5.74, 6) is -0.487. The van der Waals surface area contributed by atoms with Gasteiger partial charge >= 0.3 is 5.97 Å². The SMILES string of the molecule is CCOC(=O)C1=C(C)N=c2s/c(=C/c3c(C)n(Cc4ccc([N+](=O)[O-])cc4)c4ccccc34)c(=O)n2[C@@H]1c1ccc(C)cc1. The van der Waals surface area contributed by atoms with Gasteiger partial charge in [0, 0.05) is 40.8 Å². The van der Waals surface area contributed by atoms with Crippen LogP contribution in [0.25, 0.3) is 17.0 Å². The van der Waals surface area contributed by atoms with E-state index in [9.17, 15) is 19.7 Å². The molecular formula is C34H30N4O5S. The molecule has 0 N–H and O–H groups in total. The number of carbonyl (C=O) groups excluding carboxylic acids is 1. The number of allylic oxidation sites excluding steroid dienone is 1. The van der Waals surface area contributed by atoms with Gasteiger partial charge in [-0.15, -0.1) is 0 Å². The third-order valence-electron chi connectivity index (χ3n) is 7.95. The number of fused-ring (bicyclic) bond motifs is 2. The molecule has 1 aliphatic rings. The van der Waals surface area contributed by atoms with E-state index < -0.39 is 16.9 Å². The lowest BCUT2D eigenvalue weighted by molar-refractivity contribution is -0.384. The summed E-state index contributed by atoms with van der Waals surface area (Å²) in [7, 11) is 0. The fraction of sp³-hybridized carbons (Fsp3) is 0.206. The lowest BCUT2D eigenvalue weighted by Gasteiger charge is -2.24. The molecule has 5 aromatic rings. The van der Waals surface area contributed by atoms with Crippen LogP contribution in [0.15, 0.2) is 93.9 Å². The van der Waals surface area contributed by atoms with Gasteiger partial charge in [0.05, 0.1) is 33.4 Å². The lowest BCUT2D eigenvalue weighted by Crippen LogP contribution is -2.39. The van der Waals surface area contributed by atoms with Crippen LogP contribution in [-0.4, -0.2) is 26.6 Å². The molecule has 6 rings (SSSR count). The third kappa shape index (κ3) is 5.07. The molecule has 1 aliphatic heterocycles. The molecule has 0 spiro atoms. The largest absolute Gasteiger partial charge is 0.463 e. The minimum Gasteiger partial charge on any atom is -0.463 e. The van der Waals surface area contributed by atoms with Gasteiger partial charge < -0.3 is 9.30 Å². The van der Waals surface area contributed by atoms with E-state index in [-0.39, 0.29) is 17.9 Å². The minimum absolute atomic E-state index is 0.0455. The zero-order chi connectivity index (χ0) is 31.1. The van der Waals surface area contributed by atoms with E-state index in [2.05, 4.69) is 4.57 Å². The number of hydrogen-bond donors (Lipinski definition) is 0. The van der Waals surface area contributed by atoms with Crippen molar-refractivity contribution in [3.8, 4) is 0 Å². The van der Waals surface area contributed by atoms with Gasteiger partial charge in [0.1, 0.15) is 0 Å². The molecule has 0 saturated carbocycles. The van der Waals surface area contributed by atoms with Crippen molar-refractivity contribution in [2.75, 3.05) is 6.61 Å². The third-order valence-corrected chi connectivity index (χ3v) is 8.94. The first kappa shape index (κ1) is 29.0. The van der Waals surface area contributed by atoms with Crippen LogP contribution in [0.1, 0.15) is 47.8 Å². The molecule has 0 radical (unpaired) electrons. The number of benzene rings is 3. The molecule has 9 nitrogen and oxygen atoms in total. The highest BCUT2D eigenvalue weighted by atomic mass is 32.1. The van der Waals surface area contributed by atoms with Gasteiger partial charge in [0.15, 0.2) is 4.80 Å². The molecule has 0 bridgehead atoms. The van der Waals surface area contributed by atoms with E-state index in [0.717, 1.165) is 38.9 Å². The maximum absolute atomic E-state index is 14.2. The Bertz CT molecular complexity index is 2150. The van der Waals surface area contributed by atoms with E-state index in [0.29, 0.717) is 27.1 Å². The number of non-ortho nitro benzene ring substituents is 1. The monoisotopic (exact) mass is 606 g/mol. The fourth-order valence-electron chi connectivity index (χ4n) is 5.74. The normalized spacial score (nSPS) is 14.9. The Kier molecular flexibility index (Phi) is 7.60. The van der Waals surface area contributed by atoms with Gasteiger partial charge in [-0.25, -0.2) is 9.79 Å². The molecule has 0 saturated heterocycles. The molecule has 3 aromatic carbocycles. The summed E-state index contributed by atoms with van der Waals surface area (Å²) < 4.78 is 9.66. The number of para-hydroxylation sites is 1. The van der Waals surface area contributed by atoms with E-state index in [1.54, 1.807) is 30.5 Å². The summed E-state index contributed by atoms with van der Waals surface area (Å²) >= 11 is 1.29. The summed E-state index contributed by atoms with van der Waals surface area (Å²) in [6, 6.07) is 21.7. The number of rotatable bonds is 7. The first-order valence-electron chi connectivity index (χ1n) is 14.2. The van der Waals surface area contributed by atoms with Crippen molar-refractivity contribution in [2.45, 2.75) is 40.3 Å². The Balaban J connectivity index is 1.51. The maximum Gasteiger partial charge on any atom is 0.338 e. The van der Waals surface area contributed by atoms with Crippen molar-refractivity contribution in [3.63, 3.8) is 0 Å². The molecule has 10 heteroatoms. The van der Waals surface area contributed by atoms with Gasteiger partial charge in [0.2, 0.25) is 0 Å². The van der Waals surface area contributed by atoms with Gasteiger partial charge in [-0.05, 0) is 51.0 Å². The fourth-order valence-corrected chi connectivity index (χ4v) is 6.76. The average Bonchev–Trinajstić information content (AvgIpc) is 3.45. The molecule has 3 heterocycles. The predicted molar refractivity (Wildman–Crippen MR) is 170 cm³/mol. The highest BCUT2D eigenvalue weighted by molar-refractivity contribution is 7.07. The molecule has 222 valence electrons. The number of nitro groups is 1. The molecule has 0 unspecified atom stereocenters. The van der Waals surface area contributed by atoms with E-state index in [4.69, 9.17) is 9.73 Å². The Morgan fingerprint density at radius 1 is 1.05 bits per heavy atom. The van der Waals surface area contributed by atoms with Crippen molar-refractivity contribution in [1.82, 2.24) is 9.13 Å². The Morgan fingerprint density at radius 2 is 1.75 bits per heavy atom. The highest BCUT2D eigenvalue weighted by Crippen LogP contribution is 2.31. The molecule has 0 amide bonds. The number of carbonyl (C=O) groups is 1. The van der Waals surface area contributed by atoms with Crippen LogP contribution in [0.5, 0.6) is 0 Å². The Morgan fingerprint density at radius 3 is 2.43 bits per heavy atom. The van der Waals surface area contributed by atoms with Gasteiger partial charge in [-0.3, -0.25) is 19.5 Å². The van der Waals surface area contributed by atoms with E-state index in [1.165, 1.54) is 23.5 Å². The number of hydrogen-bond acceptors (Lipinski definition) is 7. The smallest absolute Gasteiger partial charge is 0.338 e. The highest BCUT2D eigenvalue weighted by Gasteiger charge is 2.33. The van der Waals surface area contributed by atoms with E-state index in [1.807, 2.05) is 68.5 Å². The van der Waals surface area contributed by atoms with E-state index >= 15 is 0 Å². The second-order valence-electron chi connectivity index (χ2n) is 10.7. The van der Waals surface area contributed by atoms with Crippen molar-refractivity contribution < 1.29 is 14.5 Å². The summed E-state index contributed by atoms with van der Waals surface area (Å²) in [5, 5.41) is 12.1. The second kappa shape index (κ2) is 11.5. The molecule has 1 atom stereocenters. The van der Waals surface area contributed by atoms with Crippen molar-refractivity contribution in [1.29, 1.82) is 0 Å². The lowest BCUT2D eigenvalue weighted by atomic mass is 9.95. The van der Waals surface area contributed by atoms with Crippen LogP contribution >= 0.6 is 11.3 Å². The van der Waals surface area contributed by atoms with Crippen LogP contribution < -0.4 is 14.9 Å². The van der Waals surface area contributed by atoms with Gasteiger partial charge in [-0.1, -0.05) is 71.5 Å². The number of ether oxygens (including phenoxy) is 1. The quantitative estimate of drug-likeness (QED) is 0.141. The number of nitrogens with zero attached hydrogens (tertiary/aromatic N) is 4. The summed E-state index contributed by atoms with van der Waals surface area (Å²) in [4.78, 5) is 43.3. The molecular weight excluding hydrogens is 576 g/mol. The predicted octanol–water partition coefficient (Wildman–Crippen LogP) is 5.33. The summed E-state index contributed by atoms with van der Waals surface area (Å²) in [5.41, 5.74) is 6.32. The molecule has 44 heavy (non-hydrogen) atoms. The van der Waals surface area contributed by atoms with Crippen molar-refractivity contribution in [3.05, 3.63) is 142 Å². The standard InChI is InChI=1S/C34H30N4O5S/c1-5-43-33(40)30-21(3)35-34-37(31(30)24-14-10-20(2)11-15-24)32(39)29(44-34)18-27-22(4)36(28-9-7-6-8-26(27)28)19-23-12-16-25(17-13-23)38(41)42/h6-18,31H,5,19H2,1-4H3/b29-18+/t31-/m1/s1. The van der Waals surface area contributed by atoms with Gasteiger partial charge in [0.25, 0.3) is 11.2 Å². The second-order valence-corrected chi connectivity index (χ2v) is 11.7. The van der Waals surface area contributed by atoms with Crippen LogP contribution in [0.4, 0.5) is 5.69 Å². The number of nitro benzene ring substituents is 1. The van der Waals surface area contributed by atoms with Crippen molar-refractivity contribution >= 4 is 40.0 Å². The van der Waals surface area contributed by atoms with Gasteiger partial charge in [-0.2, -0.15) is 0 Å². The molecule has 2 aromatic heterocycles. The molecule has 0 aliphatic carbocycles. The number of thiazole rings is 1. The van der Waals surface area contributed by atoms with Crippen LogP contribution in [0.3, 0.4) is 0 Å². The summed E-state index contributed by atoms with van der Waals surface area (Å²) in [6.45, 7) is 8.25. The molecule has 0 fully saturated rings. The van der Waals surface area contributed by atoms with Crippen molar-refractivity contribution in [2.24, 2.45) is 4.99 Å². The topological polar surface area (TPSA) is 109 Å². The average molecular weight is 607 g/mol. The zero-order valence-electron chi connectivity index (χ0n) is 24.7.